The average Bonchev–Trinajstić information content (AvgIpc) is 2.95. The first-order chi connectivity index (χ1) is 19.6. The number of amides is 1. The number of cyclic esters (lactones) is 1. The highest BCUT2D eigenvalue weighted by Gasteiger charge is 2.43. The van der Waals surface area contributed by atoms with Crippen molar-refractivity contribution in [3.8, 4) is 0 Å². The zero-order valence-corrected chi connectivity index (χ0v) is 25.2. The van der Waals surface area contributed by atoms with Crippen LogP contribution in [0, 0.1) is 5.92 Å². The summed E-state index contributed by atoms with van der Waals surface area (Å²) in [5.41, 5.74) is 0.959. The van der Waals surface area contributed by atoms with Gasteiger partial charge in [-0.05, 0) is 24.8 Å². The van der Waals surface area contributed by atoms with Crippen LogP contribution in [0.15, 0.2) is 30.3 Å². The molecule has 4 atom stereocenters. The van der Waals surface area contributed by atoms with E-state index in [0.29, 0.717) is 19.3 Å². The van der Waals surface area contributed by atoms with Gasteiger partial charge in [0.25, 0.3) is 0 Å². The molecule has 0 radical (unpaired) electrons. The molecule has 1 heterocycles. The molecule has 1 fully saturated rings. The maximum Gasteiger partial charge on any atom is 0.329 e. The molecule has 226 valence electrons. The Hall–Kier alpha value is -2.37. The maximum atomic E-state index is 13.2. The van der Waals surface area contributed by atoms with E-state index in [2.05, 4.69) is 19.2 Å². The number of carbonyl (C=O) groups excluding carboxylic acids is 3. The molecule has 1 amide bonds. The second kappa shape index (κ2) is 21.4. The number of benzene rings is 1. The summed E-state index contributed by atoms with van der Waals surface area (Å²) in [6, 6.07) is 8.89. The molecule has 1 aliphatic heterocycles. The normalized spacial score (nSPS) is 17.9. The third-order valence-corrected chi connectivity index (χ3v) is 8.13. The minimum absolute atomic E-state index is 0.0939. The average molecular weight is 558 g/mol. The first kappa shape index (κ1) is 33.8. The Morgan fingerprint density at radius 3 is 2.02 bits per heavy atom. The molecule has 0 bridgehead atoms. The van der Waals surface area contributed by atoms with Gasteiger partial charge in [-0.1, -0.05) is 134 Å². The number of unbranched alkanes of at least 4 members (excludes halogenated alkanes) is 13. The number of nitrogens with one attached hydrogen (secondary N) is 1. The number of hydrogen-bond acceptors (Lipinski definition) is 5. The first-order valence-corrected chi connectivity index (χ1v) is 16.2. The molecule has 0 aliphatic carbocycles. The second-order valence-corrected chi connectivity index (χ2v) is 11.6. The highest BCUT2D eigenvalue weighted by atomic mass is 16.6. The summed E-state index contributed by atoms with van der Waals surface area (Å²) < 4.78 is 11.5. The van der Waals surface area contributed by atoms with Crippen LogP contribution >= 0.6 is 0 Å². The van der Waals surface area contributed by atoms with Crippen LogP contribution in [0.1, 0.15) is 135 Å². The minimum atomic E-state index is -0.742. The number of carbonyl (C=O) groups is 3. The van der Waals surface area contributed by atoms with E-state index in [1.165, 1.54) is 64.2 Å². The van der Waals surface area contributed by atoms with Crippen LogP contribution in [0.4, 0.5) is 0 Å². The van der Waals surface area contributed by atoms with Crippen LogP contribution < -0.4 is 5.32 Å². The number of rotatable bonds is 25. The van der Waals surface area contributed by atoms with Crippen molar-refractivity contribution in [1.82, 2.24) is 5.32 Å². The number of esters is 2. The highest BCUT2D eigenvalue weighted by Crippen LogP contribution is 2.32. The molecule has 2 rings (SSSR count). The smallest absolute Gasteiger partial charge is 0.329 e. The van der Waals surface area contributed by atoms with Crippen molar-refractivity contribution in [3.63, 3.8) is 0 Å². The van der Waals surface area contributed by atoms with Crippen LogP contribution in [0.3, 0.4) is 0 Å². The predicted octanol–water partition coefficient (Wildman–Crippen LogP) is 7.86. The lowest BCUT2D eigenvalue weighted by molar-refractivity contribution is -0.190. The Bertz CT molecular complexity index is 814. The van der Waals surface area contributed by atoms with E-state index < -0.39 is 12.0 Å². The van der Waals surface area contributed by atoms with Gasteiger partial charge in [-0.2, -0.15) is 0 Å². The predicted molar refractivity (Wildman–Crippen MR) is 161 cm³/mol. The van der Waals surface area contributed by atoms with Crippen molar-refractivity contribution in [2.75, 3.05) is 0 Å². The summed E-state index contributed by atoms with van der Waals surface area (Å²) in [5.74, 6) is -0.636. The van der Waals surface area contributed by atoms with Crippen LogP contribution in [0.5, 0.6) is 0 Å². The van der Waals surface area contributed by atoms with Gasteiger partial charge < -0.3 is 14.8 Å². The van der Waals surface area contributed by atoms with E-state index in [1.807, 2.05) is 30.3 Å². The molecule has 0 saturated carbocycles. The SMILES string of the molecule is CCCCCCCCCCCCCC(CC1OC(=O)C1CCCCCC)OC(=O)[C@H](Cc1ccccc1)NC=O. The van der Waals surface area contributed by atoms with Crippen LogP contribution in [0.2, 0.25) is 0 Å². The summed E-state index contributed by atoms with van der Waals surface area (Å²) >= 11 is 0. The van der Waals surface area contributed by atoms with Gasteiger partial charge in [0.2, 0.25) is 6.41 Å². The molecule has 1 saturated heterocycles. The lowest BCUT2D eigenvalue weighted by Crippen LogP contribution is -2.48. The Morgan fingerprint density at radius 1 is 0.875 bits per heavy atom. The van der Waals surface area contributed by atoms with Crippen molar-refractivity contribution >= 4 is 18.3 Å². The van der Waals surface area contributed by atoms with E-state index in [-0.39, 0.29) is 24.1 Å². The summed E-state index contributed by atoms with van der Waals surface area (Å²) in [4.78, 5) is 36.6. The Kier molecular flexibility index (Phi) is 18.1. The molecule has 1 aromatic rings. The second-order valence-electron chi connectivity index (χ2n) is 11.6. The summed E-state index contributed by atoms with van der Waals surface area (Å²) in [7, 11) is 0. The zero-order valence-electron chi connectivity index (χ0n) is 25.2. The van der Waals surface area contributed by atoms with Crippen LogP contribution in [-0.2, 0) is 30.3 Å². The zero-order chi connectivity index (χ0) is 28.8. The van der Waals surface area contributed by atoms with E-state index in [4.69, 9.17) is 9.47 Å². The fourth-order valence-electron chi connectivity index (χ4n) is 5.61. The Balaban J connectivity index is 1.86. The molecule has 1 aromatic carbocycles. The van der Waals surface area contributed by atoms with Gasteiger partial charge in [-0.15, -0.1) is 0 Å². The molecule has 0 spiro atoms. The van der Waals surface area contributed by atoms with Crippen molar-refractivity contribution in [3.05, 3.63) is 35.9 Å². The molecular weight excluding hydrogens is 502 g/mol. The van der Waals surface area contributed by atoms with Crippen molar-refractivity contribution in [2.45, 2.75) is 154 Å². The van der Waals surface area contributed by atoms with Gasteiger partial charge in [-0.3, -0.25) is 9.59 Å². The quantitative estimate of drug-likeness (QED) is 0.0752. The largest absolute Gasteiger partial charge is 0.461 e. The molecular formula is C34H55NO5. The Labute approximate surface area is 243 Å². The maximum absolute atomic E-state index is 13.2. The highest BCUT2D eigenvalue weighted by molar-refractivity contribution is 5.79. The van der Waals surface area contributed by atoms with Gasteiger partial charge in [0, 0.05) is 12.8 Å². The van der Waals surface area contributed by atoms with E-state index in [1.54, 1.807) is 0 Å². The summed E-state index contributed by atoms with van der Waals surface area (Å²) in [6.45, 7) is 4.43. The molecule has 6 nitrogen and oxygen atoms in total. The monoisotopic (exact) mass is 557 g/mol. The third-order valence-electron chi connectivity index (χ3n) is 8.13. The van der Waals surface area contributed by atoms with Crippen molar-refractivity contribution in [2.24, 2.45) is 5.92 Å². The van der Waals surface area contributed by atoms with E-state index in [0.717, 1.165) is 50.5 Å². The van der Waals surface area contributed by atoms with Crippen molar-refractivity contribution in [1.29, 1.82) is 0 Å². The molecule has 1 N–H and O–H groups in total. The molecule has 6 heteroatoms. The molecule has 1 aliphatic rings. The lowest BCUT2D eigenvalue weighted by Gasteiger charge is -2.37. The van der Waals surface area contributed by atoms with Gasteiger partial charge in [-0.25, -0.2) is 4.79 Å². The standard InChI is InChI=1S/C34H55NO5/c1-3-5-7-9-10-11-12-13-14-15-19-23-29(26-32-30(33(37)40-32)24-20-8-6-4-2)39-34(38)31(35-27-36)25-28-21-17-16-18-22-28/h16-18,21-22,27,29-32H,3-15,19-20,23-26H2,1-2H3,(H,35,36)/t29?,30?,31-,32?/m0/s1. The van der Waals surface area contributed by atoms with Crippen LogP contribution in [0.25, 0.3) is 0 Å². The van der Waals surface area contributed by atoms with Gasteiger partial charge >= 0.3 is 11.9 Å². The first-order valence-electron chi connectivity index (χ1n) is 16.2. The molecule has 40 heavy (non-hydrogen) atoms. The van der Waals surface area contributed by atoms with Gasteiger partial charge in [0.05, 0.1) is 5.92 Å². The third kappa shape index (κ3) is 13.8. The fraction of sp³-hybridized carbons (Fsp3) is 0.735. The van der Waals surface area contributed by atoms with Crippen molar-refractivity contribution < 1.29 is 23.9 Å². The number of hydrogen-bond donors (Lipinski definition) is 1. The van der Waals surface area contributed by atoms with E-state index >= 15 is 0 Å². The minimum Gasteiger partial charge on any atom is -0.461 e. The van der Waals surface area contributed by atoms with Gasteiger partial charge in [0.1, 0.15) is 18.2 Å². The lowest BCUT2D eigenvalue weighted by atomic mass is 9.86. The van der Waals surface area contributed by atoms with Gasteiger partial charge in [0.15, 0.2) is 0 Å². The van der Waals surface area contributed by atoms with Crippen LogP contribution in [-0.4, -0.2) is 36.6 Å². The number of ether oxygens (including phenoxy) is 2. The topological polar surface area (TPSA) is 81.7 Å². The fourth-order valence-corrected chi connectivity index (χ4v) is 5.61. The Morgan fingerprint density at radius 2 is 1.45 bits per heavy atom. The summed E-state index contributed by atoms with van der Waals surface area (Å²) in [5, 5.41) is 2.64. The molecule has 3 unspecified atom stereocenters. The summed E-state index contributed by atoms with van der Waals surface area (Å²) in [6.07, 6.45) is 20.9. The molecule has 0 aromatic heterocycles. The van der Waals surface area contributed by atoms with E-state index in [9.17, 15) is 14.4 Å².